The van der Waals surface area contributed by atoms with E-state index in [1.165, 1.54) is 18.9 Å². The lowest BCUT2D eigenvalue weighted by molar-refractivity contribution is -0.149. The lowest BCUT2D eigenvalue weighted by Gasteiger charge is -2.26. The number of esters is 1. The molecule has 6 nitrogen and oxygen atoms in total. The third-order valence-corrected chi connectivity index (χ3v) is 6.76. The molecule has 1 fully saturated rings. The maximum Gasteiger partial charge on any atom is 0.332 e. The highest BCUT2D eigenvalue weighted by Crippen LogP contribution is 2.29. The van der Waals surface area contributed by atoms with E-state index in [2.05, 4.69) is 21.2 Å². The Morgan fingerprint density at radius 2 is 2.17 bits per heavy atom. The lowest BCUT2D eigenvalue weighted by Crippen LogP contribution is -2.56. The van der Waals surface area contributed by atoms with Crippen LogP contribution >= 0.6 is 27.7 Å². The number of thioether (sulfide) groups is 1. The molecule has 0 aliphatic carbocycles. The summed E-state index contributed by atoms with van der Waals surface area (Å²) in [6.07, 6.45) is 0.432. The van der Waals surface area contributed by atoms with Crippen molar-refractivity contribution in [3.05, 3.63) is 34.3 Å². The van der Waals surface area contributed by atoms with Crippen molar-refractivity contribution in [2.45, 2.75) is 17.7 Å². The standard InChI is InChI=1S/C15H18BrNO5S2/c1-22-14(19)15(5-6-23-10-15)17-13(18)9-24(20,21)8-11-3-2-4-12(16)7-11/h2-4,7H,5-6,8-10H2,1H3,(H,17,18)/t15-/m0/s1. The van der Waals surface area contributed by atoms with Gasteiger partial charge in [0.25, 0.3) is 0 Å². The highest BCUT2D eigenvalue weighted by atomic mass is 79.9. The van der Waals surface area contributed by atoms with E-state index in [9.17, 15) is 18.0 Å². The number of nitrogens with one attached hydrogen (secondary N) is 1. The van der Waals surface area contributed by atoms with Crippen molar-refractivity contribution < 1.29 is 22.7 Å². The van der Waals surface area contributed by atoms with Gasteiger partial charge in [0.15, 0.2) is 9.84 Å². The molecule has 1 aromatic rings. The molecule has 1 aliphatic rings. The highest BCUT2D eigenvalue weighted by molar-refractivity contribution is 9.10. The Hall–Kier alpha value is -1.06. The van der Waals surface area contributed by atoms with E-state index >= 15 is 0 Å². The van der Waals surface area contributed by atoms with Gasteiger partial charge in [-0.3, -0.25) is 4.79 Å². The minimum atomic E-state index is -3.64. The van der Waals surface area contributed by atoms with Gasteiger partial charge in [-0.05, 0) is 29.9 Å². The number of ether oxygens (including phenoxy) is 1. The van der Waals surface area contributed by atoms with Crippen LogP contribution in [0, 0.1) is 0 Å². The van der Waals surface area contributed by atoms with Crippen molar-refractivity contribution in [1.29, 1.82) is 0 Å². The molecule has 9 heteroatoms. The number of halogens is 1. The molecule has 132 valence electrons. The molecular weight excluding hydrogens is 418 g/mol. The molecule has 0 unspecified atom stereocenters. The second kappa shape index (κ2) is 7.88. The number of methoxy groups -OCH3 is 1. The van der Waals surface area contributed by atoms with E-state index in [1.54, 1.807) is 24.3 Å². The first-order valence-corrected chi connectivity index (χ1v) is 11.0. The number of hydrogen-bond acceptors (Lipinski definition) is 6. The van der Waals surface area contributed by atoms with E-state index in [4.69, 9.17) is 4.74 Å². The minimum absolute atomic E-state index is 0.236. The van der Waals surface area contributed by atoms with Gasteiger partial charge in [-0.1, -0.05) is 28.1 Å². The molecule has 0 radical (unpaired) electrons. The smallest absolute Gasteiger partial charge is 0.332 e. The fourth-order valence-corrected chi connectivity index (χ4v) is 5.53. The summed E-state index contributed by atoms with van der Waals surface area (Å²) in [6, 6.07) is 6.90. The van der Waals surface area contributed by atoms with Crippen molar-refractivity contribution in [3.8, 4) is 0 Å². The summed E-state index contributed by atoms with van der Waals surface area (Å²) in [7, 11) is -2.39. The molecule has 0 aromatic heterocycles. The molecule has 1 amide bonds. The Balaban J connectivity index is 2.03. The van der Waals surface area contributed by atoms with Gasteiger partial charge >= 0.3 is 5.97 Å². The molecule has 1 saturated heterocycles. The average molecular weight is 436 g/mol. The summed E-state index contributed by atoms with van der Waals surface area (Å²) in [6.45, 7) is 0. The van der Waals surface area contributed by atoms with E-state index in [1.807, 2.05) is 0 Å². The second-order valence-electron chi connectivity index (χ2n) is 5.59. The largest absolute Gasteiger partial charge is 0.467 e. The number of carbonyl (C=O) groups excluding carboxylic acids is 2. The van der Waals surface area contributed by atoms with Crippen LogP contribution in [0.25, 0.3) is 0 Å². The zero-order valence-electron chi connectivity index (χ0n) is 13.1. The topological polar surface area (TPSA) is 89.5 Å². The molecule has 0 spiro atoms. The predicted molar refractivity (Wildman–Crippen MR) is 96.5 cm³/mol. The number of sulfone groups is 1. The summed E-state index contributed by atoms with van der Waals surface area (Å²) in [5.74, 6) is -1.02. The minimum Gasteiger partial charge on any atom is -0.467 e. The first-order chi connectivity index (χ1) is 11.3. The van der Waals surface area contributed by atoms with Crippen LogP contribution in [0.4, 0.5) is 0 Å². The van der Waals surface area contributed by atoms with Gasteiger partial charge in [-0.25, -0.2) is 13.2 Å². The summed E-state index contributed by atoms with van der Waals surface area (Å²) in [5, 5.41) is 2.57. The van der Waals surface area contributed by atoms with Crippen molar-refractivity contribution >= 4 is 49.4 Å². The Kier molecular flexibility index (Phi) is 6.33. The van der Waals surface area contributed by atoms with Gasteiger partial charge in [-0.15, -0.1) is 0 Å². The maximum atomic E-state index is 12.2. The quantitative estimate of drug-likeness (QED) is 0.681. The summed E-state index contributed by atoms with van der Waals surface area (Å²) in [5.41, 5.74) is -0.529. The normalized spacial score (nSPS) is 20.6. The number of hydrogen-bond donors (Lipinski definition) is 1. The van der Waals surface area contributed by atoms with Crippen LogP contribution in [0.3, 0.4) is 0 Å². The van der Waals surface area contributed by atoms with Crippen molar-refractivity contribution in [2.75, 3.05) is 24.4 Å². The van der Waals surface area contributed by atoms with Crippen LogP contribution in [-0.4, -0.2) is 50.2 Å². The van der Waals surface area contributed by atoms with E-state index in [-0.39, 0.29) is 5.75 Å². The van der Waals surface area contributed by atoms with Crippen LogP contribution < -0.4 is 5.32 Å². The van der Waals surface area contributed by atoms with Gasteiger partial charge in [0.1, 0.15) is 11.3 Å². The number of amides is 1. The molecule has 1 N–H and O–H groups in total. The van der Waals surface area contributed by atoms with Crippen LogP contribution in [0.1, 0.15) is 12.0 Å². The lowest BCUT2D eigenvalue weighted by atomic mass is 9.99. The van der Waals surface area contributed by atoms with E-state index < -0.39 is 33.0 Å². The van der Waals surface area contributed by atoms with Gasteiger partial charge in [0.2, 0.25) is 5.91 Å². The fraction of sp³-hybridized carbons (Fsp3) is 0.467. The Bertz CT molecular complexity index is 729. The molecule has 0 bridgehead atoms. The Labute approximate surface area is 153 Å². The van der Waals surface area contributed by atoms with E-state index in [0.29, 0.717) is 23.5 Å². The second-order valence-corrected chi connectivity index (χ2v) is 9.67. The number of benzene rings is 1. The summed E-state index contributed by atoms with van der Waals surface area (Å²) < 4.78 is 30.0. The summed E-state index contributed by atoms with van der Waals surface area (Å²) >= 11 is 4.80. The van der Waals surface area contributed by atoms with E-state index in [0.717, 1.165) is 4.47 Å². The monoisotopic (exact) mass is 435 g/mol. The molecular formula is C15H18BrNO5S2. The zero-order valence-corrected chi connectivity index (χ0v) is 16.3. The first kappa shape index (κ1) is 19.3. The molecule has 1 heterocycles. The van der Waals surface area contributed by atoms with Crippen molar-refractivity contribution in [3.63, 3.8) is 0 Å². The van der Waals surface area contributed by atoms with Crippen LogP contribution in [0.15, 0.2) is 28.7 Å². The van der Waals surface area contributed by atoms with Gasteiger partial charge < -0.3 is 10.1 Å². The Morgan fingerprint density at radius 3 is 2.75 bits per heavy atom. The molecule has 0 saturated carbocycles. The highest BCUT2D eigenvalue weighted by Gasteiger charge is 2.44. The molecule has 24 heavy (non-hydrogen) atoms. The molecule has 1 aromatic carbocycles. The third-order valence-electron chi connectivity index (χ3n) is 3.60. The fourth-order valence-electron chi connectivity index (χ4n) is 2.51. The SMILES string of the molecule is COC(=O)[C@]1(NC(=O)CS(=O)(=O)Cc2cccc(Br)c2)CCSC1. The number of carbonyl (C=O) groups is 2. The van der Waals surface area contributed by atoms with Crippen LogP contribution in [-0.2, 0) is 29.9 Å². The summed E-state index contributed by atoms with van der Waals surface area (Å²) in [4.78, 5) is 24.1. The number of rotatable bonds is 6. The van der Waals surface area contributed by atoms with Crippen molar-refractivity contribution in [1.82, 2.24) is 5.32 Å². The molecule has 1 aliphatic heterocycles. The average Bonchev–Trinajstić information content (AvgIpc) is 2.94. The predicted octanol–water partition coefficient (Wildman–Crippen LogP) is 1.53. The van der Waals surface area contributed by atoms with Crippen LogP contribution in [0.2, 0.25) is 0 Å². The third kappa shape index (κ3) is 4.97. The van der Waals surface area contributed by atoms with Crippen molar-refractivity contribution in [2.24, 2.45) is 0 Å². The zero-order chi connectivity index (χ0) is 17.8. The van der Waals surface area contributed by atoms with Gasteiger partial charge in [0, 0.05) is 10.2 Å². The maximum absolute atomic E-state index is 12.2. The van der Waals surface area contributed by atoms with Gasteiger partial charge in [-0.2, -0.15) is 11.8 Å². The van der Waals surface area contributed by atoms with Crippen LogP contribution in [0.5, 0.6) is 0 Å². The molecule has 2 rings (SSSR count). The van der Waals surface area contributed by atoms with Gasteiger partial charge in [0.05, 0.1) is 12.9 Å². The first-order valence-electron chi connectivity index (χ1n) is 7.18. The Morgan fingerprint density at radius 1 is 1.42 bits per heavy atom. The molecule has 1 atom stereocenters.